The maximum atomic E-state index is 13.1. The number of halogens is 3. The fourth-order valence-corrected chi connectivity index (χ4v) is 2.68. The lowest BCUT2D eigenvalue weighted by atomic mass is 9.95. The predicted octanol–water partition coefficient (Wildman–Crippen LogP) is 2.66. The number of aliphatic hydroxyl groups is 1. The smallest absolute Gasteiger partial charge is 0.390 e. The Bertz CT molecular complexity index is 647. The van der Waals surface area contributed by atoms with E-state index < -0.39 is 11.9 Å². The molecule has 21 heavy (non-hydrogen) atoms. The van der Waals surface area contributed by atoms with Gasteiger partial charge in [0.1, 0.15) is 0 Å². The van der Waals surface area contributed by atoms with Crippen molar-refractivity contribution in [2.45, 2.75) is 38.5 Å². The first-order valence-electron chi connectivity index (χ1n) is 6.75. The molecule has 1 aliphatic carbocycles. The minimum Gasteiger partial charge on any atom is -0.390 e. The molecular weight excluding hydrogens is 283 g/mol. The average Bonchev–Trinajstić information content (AvgIpc) is 2.87. The Labute approximate surface area is 119 Å². The van der Waals surface area contributed by atoms with Gasteiger partial charge in [0.2, 0.25) is 0 Å². The molecule has 4 nitrogen and oxygen atoms in total. The minimum atomic E-state index is -4.44. The largest absolute Gasteiger partial charge is 0.435 e. The molecule has 0 radical (unpaired) electrons. The van der Waals surface area contributed by atoms with Gasteiger partial charge in [0, 0.05) is 11.3 Å². The third-order valence-electron chi connectivity index (χ3n) is 3.66. The standard InChI is InChI=1S/C14H14F3N3O/c15-14(16,17)13-11-3-1-2-4-12(11)20(19-13)10-6-5-9(8-21)18-7-10/h5-7,21H,1-4,8H2. The van der Waals surface area contributed by atoms with Gasteiger partial charge in [0.05, 0.1) is 24.2 Å². The fourth-order valence-electron chi connectivity index (χ4n) is 2.68. The molecule has 1 N–H and O–H groups in total. The van der Waals surface area contributed by atoms with Crippen molar-refractivity contribution >= 4 is 0 Å². The quantitative estimate of drug-likeness (QED) is 0.927. The summed E-state index contributed by atoms with van der Waals surface area (Å²) >= 11 is 0. The van der Waals surface area contributed by atoms with Gasteiger partial charge in [-0.3, -0.25) is 4.98 Å². The van der Waals surface area contributed by atoms with Crippen molar-refractivity contribution in [1.29, 1.82) is 0 Å². The number of rotatable bonds is 2. The highest BCUT2D eigenvalue weighted by Crippen LogP contribution is 2.36. The second-order valence-corrected chi connectivity index (χ2v) is 5.06. The maximum Gasteiger partial charge on any atom is 0.435 e. The van der Waals surface area contributed by atoms with Gasteiger partial charge >= 0.3 is 6.18 Å². The van der Waals surface area contributed by atoms with E-state index in [0.29, 0.717) is 35.5 Å². The molecule has 3 rings (SSSR count). The van der Waals surface area contributed by atoms with Crippen molar-refractivity contribution in [3.8, 4) is 5.69 Å². The third kappa shape index (κ3) is 2.53. The number of hydrogen-bond acceptors (Lipinski definition) is 3. The molecule has 0 saturated heterocycles. The van der Waals surface area contributed by atoms with Gasteiger partial charge in [0.15, 0.2) is 5.69 Å². The molecule has 2 heterocycles. The Kier molecular flexibility index (Phi) is 3.44. The third-order valence-corrected chi connectivity index (χ3v) is 3.66. The number of fused-ring (bicyclic) bond motifs is 1. The Morgan fingerprint density at radius 2 is 1.95 bits per heavy atom. The summed E-state index contributed by atoms with van der Waals surface area (Å²) in [6, 6.07) is 3.21. The summed E-state index contributed by atoms with van der Waals surface area (Å²) in [5, 5.41) is 12.7. The lowest BCUT2D eigenvalue weighted by Gasteiger charge is -2.14. The van der Waals surface area contributed by atoms with Crippen LogP contribution in [0.3, 0.4) is 0 Å². The van der Waals surface area contributed by atoms with Crippen LogP contribution < -0.4 is 0 Å². The second kappa shape index (κ2) is 5.14. The number of nitrogens with zero attached hydrogens (tertiary/aromatic N) is 3. The first-order chi connectivity index (χ1) is 10.0. The van der Waals surface area contributed by atoms with Crippen LogP contribution >= 0.6 is 0 Å². The molecule has 0 spiro atoms. The first kappa shape index (κ1) is 14.1. The van der Waals surface area contributed by atoms with Crippen LogP contribution in [0.5, 0.6) is 0 Å². The molecule has 0 unspecified atom stereocenters. The molecule has 7 heteroatoms. The Morgan fingerprint density at radius 1 is 1.19 bits per heavy atom. The van der Waals surface area contributed by atoms with Gasteiger partial charge in [-0.15, -0.1) is 0 Å². The van der Waals surface area contributed by atoms with Crippen molar-refractivity contribution in [3.05, 3.63) is 41.0 Å². The van der Waals surface area contributed by atoms with Crippen LogP contribution in [-0.4, -0.2) is 19.9 Å². The summed E-state index contributed by atoms with van der Waals surface area (Å²) in [7, 11) is 0. The molecular formula is C14H14F3N3O. The van der Waals surface area contributed by atoms with Gasteiger partial charge in [0.25, 0.3) is 0 Å². The number of aliphatic hydroxyl groups excluding tert-OH is 1. The van der Waals surface area contributed by atoms with E-state index in [9.17, 15) is 13.2 Å². The topological polar surface area (TPSA) is 50.9 Å². The normalized spacial score (nSPS) is 15.0. The Morgan fingerprint density at radius 3 is 2.57 bits per heavy atom. The van der Waals surface area contributed by atoms with Gasteiger partial charge in [-0.1, -0.05) is 0 Å². The summed E-state index contributed by atoms with van der Waals surface area (Å²) in [5.74, 6) is 0. The van der Waals surface area contributed by atoms with E-state index in [1.165, 1.54) is 10.9 Å². The van der Waals surface area contributed by atoms with Crippen LogP contribution in [-0.2, 0) is 25.6 Å². The maximum absolute atomic E-state index is 13.1. The summed E-state index contributed by atoms with van der Waals surface area (Å²) in [6.45, 7) is -0.203. The fraction of sp³-hybridized carbons (Fsp3) is 0.429. The minimum absolute atomic E-state index is 0.203. The van der Waals surface area contributed by atoms with Crippen LogP contribution in [0.1, 0.15) is 35.5 Å². The molecule has 1 aliphatic rings. The number of aromatic nitrogens is 3. The first-order valence-corrected chi connectivity index (χ1v) is 6.75. The highest BCUT2D eigenvalue weighted by Gasteiger charge is 2.39. The van der Waals surface area contributed by atoms with Gasteiger partial charge in [-0.05, 0) is 37.8 Å². The SMILES string of the molecule is OCc1ccc(-n2nc(C(F)(F)F)c3c2CCCC3)cn1. The van der Waals surface area contributed by atoms with Crippen LogP contribution in [0, 0.1) is 0 Å². The molecule has 0 atom stereocenters. The van der Waals surface area contributed by atoms with Gasteiger partial charge in [-0.25, -0.2) is 4.68 Å². The molecule has 0 bridgehead atoms. The summed E-state index contributed by atoms with van der Waals surface area (Å²) in [4.78, 5) is 4.00. The Balaban J connectivity index is 2.11. The Hall–Kier alpha value is -1.89. The monoisotopic (exact) mass is 297 g/mol. The van der Waals surface area contributed by atoms with E-state index in [0.717, 1.165) is 12.8 Å². The molecule has 0 fully saturated rings. The number of hydrogen-bond donors (Lipinski definition) is 1. The zero-order chi connectivity index (χ0) is 15.0. The van der Waals surface area contributed by atoms with E-state index in [-0.39, 0.29) is 6.61 Å². The molecule has 0 saturated carbocycles. The van der Waals surface area contributed by atoms with Crippen molar-refractivity contribution in [2.24, 2.45) is 0 Å². The van der Waals surface area contributed by atoms with Gasteiger partial charge < -0.3 is 5.11 Å². The lowest BCUT2D eigenvalue weighted by molar-refractivity contribution is -0.142. The van der Waals surface area contributed by atoms with Crippen molar-refractivity contribution in [3.63, 3.8) is 0 Å². The second-order valence-electron chi connectivity index (χ2n) is 5.06. The highest BCUT2D eigenvalue weighted by atomic mass is 19.4. The zero-order valence-corrected chi connectivity index (χ0v) is 11.2. The van der Waals surface area contributed by atoms with Crippen molar-refractivity contribution in [2.75, 3.05) is 0 Å². The van der Waals surface area contributed by atoms with Crippen molar-refractivity contribution < 1.29 is 18.3 Å². The van der Waals surface area contributed by atoms with Crippen LogP contribution in [0.2, 0.25) is 0 Å². The molecule has 2 aromatic heterocycles. The van der Waals surface area contributed by atoms with Crippen LogP contribution in [0.4, 0.5) is 13.2 Å². The zero-order valence-electron chi connectivity index (χ0n) is 11.2. The summed E-state index contributed by atoms with van der Waals surface area (Å²) in [6.07, 6.45) is -0.396. The van der Waals surface area contributed by atoms with E-state index in [2.05, 4.69) is 10.1 Å². The molecule has 0 aliphatic heterocycles. The molecule has 112 valence electrons. The number of alkyl halides is 3. The van der Waals surface area contributed by atoms with E-state index in [4.69, 9.17) is 5.11 Å². The van der Waals surface area contributed by atoms with Crippen molar-refractivity contribution in [1.82, 2.24) is 14.8 Å². The molecule has 0 aromatic carbocycles. The summed E-state index contributed by atoms with van der Waals surface area (Å²) in [5.41, 5.74) is 1.09. The summed E-state index contributed by atoms with van der Waals surface area (Å²) < 4.78 is 40.6. The number of pyridine rings is 1. The average molecular weight is 297 g/mol. The molecule has 0 amide bonds. The lowest BCUT2D eigenvalue weighted by Crippen LogP contribution is -2.11. The van der Waals surface area contributed by atoms with E-state index >= 15 is 0 Å². The van der Waals surface area contributed by atoms with E-state index in [1.807, 2.05) is 0 Å². The van der Waals surface area contributed by atoms with Crippen LogP contribution in [0.25, 0.3) is 5.69 Å². The highest BCUT2D eigenvalue weighted by molar-refractivity contribution is 5.39. The molecule has 2 aromatic rings. The predicted molar refractivity (Wildman–Crippen MR) is 68.9 cm³/mol. The van der Waals surface area contributed by atoms with Gasteiger partial charge in [-0.2, -0.15) is 18.3 Å². The van der Waals surface area contributed by atoms with Crippen LogP contribution in [0.15, 0.2) is 18.3 Å². The van der Waals surface area contributed by atoms with E-state index in [1.54, 1.807) is 12.1 Å².